The third kappa shape index (κ3) is 6.66. The number of rotatable bonds is 9. The van der Waals surface area contributed by atoms with Crippen molar-refractivity contribution in [2.24, 2.45) is 0 Å². The molecule has 0 radical (unpaired) electrons. The van der Waals surface area contributed by atoms with Crippen molar-refractivity contribution in [1.82, 2.24) is 4.90 Å². The molecule has 0 bridgehead atoms. The second kappa shape index (κ2) is 11.4. The summed E-state index contributed by atoms with van der Waals surface area (Å²) < 4.78 is 39.1. The fourth-order valence-electron chi connectivity index (χ4n) is 4.60. The predicted octanol–water partition coefficient (Wildman–Crippen LogP) is 8.15. The van der Waals surface area contributed by atoms with Crippen LogP contribution in [0.3, 0.4) is 0 Å². The minimum absolute atomic E-state index is 0.0968. The maximum absolute atomic E-state index is 13.0. The lowest BCUT2D eigenvalue weighted by Gasteiger charge is -2.37. The molecule has 4 aromatic rings. The van der Waals surface area contributed by atoms with E-state index in [1.807, 2.05) is 84.9 Å². The van der Waals surface area contributed by atoms with Crippen LogP contribution in [0, 0.1) is 0 Å². The van der Waals surface area contributed by atoms with Crippen LogP contribution >= 0.6 is 0 Å². The maximum atomic E-state index is 13.0. The first-order valence-electron chi connectivity index (χ1n) is 12.1. The molecule has 0 amide bonds. The highest BCUT2D eigenvalue weighted by Crippen LogP contribution is 2.37. The van der Waals surface area contributed by atoms with Crippen LogP contribution < -0.4 is 0 Å². The molecule has 0 aliphatic rings. The molecule has 0 heterocycles. The molecule has 0 aliphatic carbocycles. The van der Waals surface area contributed by atoms with E-state index in [0.717, 1.165) is 34.4 Å². The van der Waals surface area contributed by atoms with Crippen molar-refractivity contribution in [3.05, 3.63) is 131 Å². The average Bonchev–Trinajstić information content (AvgIpc) is 2.91. The third-order valence-electron chi connectivity index (χ3n) is 6.57. The van der Waals surface area contributed by atoms with E-state index in [0.29, 0.717) is 12.1 Å². The Bertz CT molecular complexity index is 1310. The predicted molar refractivity (Wildman–Crippen MR) is 139 cm³/mol. The lowest BCUT2D eigenvalue weighted by molar-refractivity contribution is -0.139. The van der Waals surface area contributed by atoms with E-state index in [1.165, 1.54) is 12.1 Å². The van der Waals surface area contributed by atoms with E-state index in [4.69, 9.17) is 0 Å². The van der Waals surface area contributed by atoms with Crippen molar-refractivity contribution < 1.29 is 23.1 Å². The summed E-state index contributed by atoms with van der Waals surface area (Å²) in [6.45, 7) is 2.59. The first-order valence-corrected chi connectivity index (χ1v) is 12.1. The molecule has 0 aliphatic heterocycles. The van der Waals surface area contributed by atoms with Gasteiger partial charge in [-0.3, -0.25) is 9.69 Å². The fraction of sp³-hybridized carbons (Fsp3) is 0.194. The van der Waals surface area contributed by atoms with Crippen molar-refractivity contribution >= 4 is 5.97 Å². The number of carboxylic acids is 1. The van der Waals surface area contributed by atoms with Gasteiger partial charge in [0.25, 0.3) is 0 Å². The van der Waals surface area contributed by atoms with E-state index in [1.54, 1.807) is 0 Å². The van der Waals surface area contributed by atoms with Crippen LogP contribution in [0.1, 0.15) is 47.7 Å². The molecule has 0 fully saturated rings. The smallest absolute Gasteiger partial charge is 0.416 e. The molecule has 4 rings (SSSR count). The zero-order valence-electron chi connectivity index (χ0n) is 20.4. The van der Waals surface area contributed by atoms with Crippen molar-refractivity contribution in [3.63, 3.8) is 0 Å². The van der Waals surface area contributed by atoms with Gasteiger partial charge >= 0.3 is 12.1 Å². The van der Waals surface area contributed by atoms with Gasteiger partial charge in [-0.05, 0) is 52.9 Å². The van der Waals surface area contributed by atoms with Gasteiger partial charge in [-0.25, -0.2) is 0 Å². The number of carbonyl (C=O) groups is 1. The van der Waals surface area contributed by atoms with Crippen molar-refractivity contribution in [2.75, 3.05) is 0 Å². The van der Waals surface area contributed by atoms with E-state index in [9.17, 15) is 23.1 Å². The number of hydrogen-bond donors (Lipinski definition) is 1. The monoisotopic (exact) mass is 503 g/mol. The molecule has 0 saturated heterocycles. The summed E-state index contributed by atoms with van der Waals surface area (Å²) in [5, 5.41) is 9.87. The Labute approximate surface area is 214 Å². The lowest BCUT2D eigenvalue weighted by atomic mass is 9.94. The largest absolute Gasteiger partial charge is 0.481 e. The van der Waals surface area contributed by atoms with E-state index >= 15 is 0 Å². The number of carboxylic acid groups (broad SMARTS) is 1. The Morgan fingerprint density at radius 1 is 0.784 bits per heavy atom. The summed E-state index contributed by atoms with van der Waals surface area (Å²) in [6.07, 6.45) is -4.53. The zero-order valence-corrected chi connectivity index (χ0v) is 20.4. The normalized spacial score (nSPS) is 13.3. The molecule has 1 N–H and O–H groups in total. The summed E-state index contributed by atoms with van der Waals surface area (Å²) in [5.74, 6) is -0.928. The number of alkyl halides is 3. The summed E-state index contributed by atoms with van der Waals surface area (Å²) >= 11 is 0. The van der Waals surface area contributed by atoms with Crippen LogP contribution in [0.4, 0.5) is 13.2 Å². The number of halogens is 3. The Hall–Kier alpha value is -3.90. The Morgan fingerprint density at radius 3 is 1.97 bits per heavy atom. The van der Waals surface area contributed by atoms with Crippen LogP contribution in [0.2, 0.25) is 0 Å². The van der Waals surface area contributed by atoms with Gasteiger partial charge in [-0.15, -0.1) is 0 Å². The van der Waals surface area contributed by atoms with Crippen molar-refractivity contribution in [3.8, 4) is 11.1 Å². The molecule has 0 spiro atoms. The SMILES string of the molecule is CC(c1ccccc1)N(Cc1ccccc1)C(CC(=O)O)c1cccc(-c2ccc(C(F)(F)F)cc2)c1. The molecule has 0 aromatic heterocycles. The molecular formula is C31H28F3NO2. The second-order valence-corrected chi connectivity index (χ2v) is 9.06. The minimum atomic E-state index is -4.40. The van der Waals surface area contributed by atoms with Gasteiger partial charge in [0, 0.05) is 18.6 Å². The number of nitrogens with zero attached hydrogens (tertiary/aromatic N) is 1. The topological polar surface area (TPSA) is 40.5 Å². The highest BCUT2D eigenvalue weighted by atomic mass is 19.4. The molecule has 37 heavy (non-hydrogen) atoms. The van der Waals surface area contributed by atoms with Gasteiger partial charge < -0.3 is 5.11 Å². The van der Waals surface area contributed by atoms with Crippen LogP contribution in [-0.2, 0) is 17.5 Å². The molecular weight excluding hydrogens is 475 g/mol. The fourth-order valence-corrected chi connectivity index (χ4v) is 4.60. The van der Waals surface area contributed by atoms with Crippen LogP contribution in [0.15, 0.2) is 109 Å². The molecule has 6 heteroatoms. The number of hydrogen-bond acceptors (Lipinski definition) is 2. The minimum Gasteiger partial charge on any atom is -0.481 e. The number of benzene rings is 4. The van der Waals surface area contributed by atoms with Gasteiger partial charge in [0.1, 0.15) is 0 Å². The molecule has 2 unspecified atom stereocenters. The second-order valence-electron chi connectivity index (χ2n) is 9.06. The summed E-state index contributed by atoms with van der Waals surface area (Å²) in [6, 6.07) is 31.7. The Balaban J connectivity index is 1.75. The van der Waals surface area contributed by atoms with E-state index < -0.39 is 23.8 Å². The summed E-state index contributed by atoms with van der Waals surface area (Å²) in [7, 11) is 0. The Kier molecular flexibility index (Phi) is 8.09. The standard InChI is InChI=1S/C31H28F3NO2/c1-22(24-11-6-3-7-12-24)35(21-23-9-4-2-5-10-23)29(20-30(36)37)27-14-8-13-26(19-27)25-15-17-28(18-16-25)31(32,33)34/h2-19,22,29H,20-21H2,1H3,(H,36,37). The highest BCUT2D eigenvalue weighted by Gasteiger charge is 2.31. The van der Waals surface area contributed by atoms with Crippen LogP contribution in [0.5, 0.6) is 0 Å². The van der Waals surface area contributed by atoms with Crippen LogP contribution in [0.25, 0.3) is 11.1 Å². The molecule has 3 nitrogen and oxygen atoms in total. The third-order valence-corrected chi connectivity index (χ3v) is 6.57. The quantitative estimate of drug-likeness (QED) is 0.251. The molecule has 0 saturated carbocycles. The molecule has 4 aromatic carbocycles. The lowest BCUT2D eigenvalue weighted by Crippen LogP contribution is -2.32. The van der Waals surface area contributed by atoms with Crippen molar-refractivity contribution in [1.29, 1.82) is 0 Å². The molecule has 2 atom stereocenters. The van der Waals surface area contributed by atoms with Gasteiger partial charge in [-0.2, -0.15) is 13.2 Å². The van der Waals surface area contributed by atoms with Gasteiger partial charge in [0.2, 0.25) is 0 Å². The van der Waals surface area contributed by atoms with Gasteiger partial charge in [0.05, 0.1) is 12.0 Å². The van der Waals surface area contributed by atoms with Crippen molar-refractivity contribution in [2.45, 2.75) is 38.1 Å². The van der Waals surface area contributed by atoms with E-state index in [-0.39, 0.29) is 12.5 Å². The molecule has 190 valence electrons. The van der Waals surface area contributed by atoms with Crippen LogP contribution in [-0.4, -0.2) is 16.0 Å². The summed E-state index contributed by atoms with van der Waals surface area (Å²) in [4.78, 5) is 14.2. The highest BCUT2D eigenvalue weighted by molar-refractivity contribution is 5.69. The maximum Gasteiger partial charge on any atom is 0.416 e. The average molecular weight is 504 g/mol. The van der Waals surface area contributed by atoms with E-state index in [2.05, 4.69) is 11.8 Å². The Morgan fingerprint density at radius 2 is 1.38 bits per heavy atom. The summed E-state index contributed by atoms with van der Waals surface area (Å²) in [5.41, 5.74) is 3.57. The first kappa shape index (κ1) is 26.2. The number of aliphatic carboxylic acids is 1. The van der Waals surface area contributed by atoms with Gasteiger partial charge in [-0.1, -0.05) is 91.0 Å². The zero-order chi connectivity index (χ0) is 26.4. The van der Waals surface area contributed by atoms with Gasteiger partial charge in [0.15, 0.2) is 0 Å². The first-order chi connectivity index (χ1) is 17.7.